The van der Waals surface area contributed by atoms with Crippen molar-refractivity contribution in [3.8, 4) is 11.5 Å². The second-order valence-corrected chi connectivity index (χ2v) is 10.5. The lowest BCUT2D eigenvalue weighted by atomic mass is 9.91. The molecule has 5 aromatic heterocycles. The number of rotatable bonds is 5. The third-order valence-electron chi connectivity index (χ3n) is 6.63. The molecular weight excluding hydrogens is 475 g/mol. The van der Waals surface area contributed by atoms with Gasteiger partial charge in [-0.1, -0.05) is 20.8 Å². The van der Waals surface area contributed by atoms with Crippen LogP contribution in [0.15, 0.2) is 30.6 Å². The van der Waals surface area contributed by atoms with E-state index in [1.165, 1.54) is 6.20 Å². The Morgan fingerprint density at radius 1 is 1.19 bits per heavy atom. The SMILES string of the molecule is Cc1cnc2[nH]c(F)c(Oc3cnc4nc(Nc5cc(C(C)(C)C)n([C@H]6CCOC6)n5)n(C)c4c3)c2c1. The standard InChI is InChI=1S/C26H29FN8O2/c1-14-8-17-21(22(27)31-23(17)28-11-14)37-16-9-18-24(29-12-16)32-25(34(18)5)30-20-10-19(26(2,3)4)35(33-20)15-6-7-36-13-15/h8-12,15H,6-7,13H2,1-5H3,(H,28,31)(H,29,30,32,33)/t15-/m0/s1. The van der Waals surface area contributed by atoms with Gasteiger partial charge in [0, 0.05) is 43.1 Å². The lowest BCUT2D eigenvalue weighted by Crippen LogP contribution is -2.22. The van der Waals surface area contributed by atoms with E-state index in [-0.39, 0.29) is 17.2 Å². The summed E-state index contributed by atoms with van der Waals surface area (Å²) in [6, 6.07) is 5.90. The second kappa shape index (κ2) is 8.55. The molecule has 0 amide bonds. The van der Waals surface area contributed by atoms with Crippen molar-refractivity contribution in [2.75, 3.05) is 18.5 Å². The highest BCUT2D eigenvalue weighted by atomic mass is 19.1. The van der Waals surface area contributed by atoms with E-state index in [9.17, 15) is 4.39 Å². The fraction of sp³-hybridized carbons (Fsp3) is 0.385. The van der Waals surface area contributed by atoms with Gasteiger partial charge in [0.2, 0.25) is 11.9 Å². The van der Waals surface area contributed by atoms with Crippen LogP contribution in [-0.2, 0) is 17.2 Å². The Kier molecular flexibility index (Phi) is 5.41. The summed E-state index contributed by atoms with van der Waals surface area (Å²) < 4.78 is 30.1. The normalized spacial score (nSPS) is 16.2. The third kappa shape index (κ3) is 4.18. The average molecular weight is 505 g/mol. The molecule has 0 spiro atoms. The highest BCUT2D eigenvalue weighted by Gasteiger charge is 2.28. The number of aryl methyl sites for hydroxylation is 2. The Bertz CT molecular complexity index is 1620. The average Bonchev–Trinajstić information content (AvgIpc) is 3.62. The lowest BCUT2D eigenvalue weighted by Gasteiger charge is -2.22. The Labute approximate surface area is 212 Å². The van der Waals surface area contributed by atoms with Crippen molar-refractivity contribution in [2.24, 2.45) is 7.05 Å². The van der Waals surface area contributed by atoms with Crippen LogP contribution in [0.4, 0.5) is 16.2 Å². The summed E-state index contributed by atoms with van der Waals surface area (Å²) in [5, 5.41) is 8.77. The summed E-state index contributed by atoms with van der Waals surface area (Å²) >= 11 is 0. The smallest absolute Gasteiger partial charge is 0.236 e. The van der Waals surface area contributed by atoms with Crippen LogP contribution >= 0.6 is 0 Å². The zero-order valence-corrected chi connectivity index (χ0v) is 21.5. The fourth-order valence-corrected chi connectivity index (χ4v) is 4.68. The number of nitrogens with one attached hydrogen (secondary N) is 2. The van der Waals surface area contributed by atoms with Gasteiger partial charge >= 0.3 is 0 Å². The number of imidazole rings is 1. The molecule has 0 radical (unpaired) electrons. The van der Waals surface area contributed by atoms with Gasteiger partial charge in [0.15, 0.2) is 17.2 Å². The molecule has 1 aliphatic heterocycles. The molecule has 0 saturated carbocycles. The second-order valence-electron chi connectivity index (χ2n) is 10.5. The maximum absolute atomic E-state index is 14.6. The molecule has 0 unspecified atom stereocenters. The Hall–Kier alpha value is -3.99. The van der Waals surface area contributed by atoms with Gasteiger partial charge in [-0.2, -0.15) is 14.5 Å². The minimum absolute atomic E-state index is 0.0819. The molecule has 192 valence electrons. The lowest BCUT2D eigenvalue weighted by molar-refractivity contribution is 0.183. The Morgan fingerprint density at radius 2 is 2.03 bits per heavy atom. The van der Waals surface area contributed by atoms with E-state index in [1.54, 1.807) is 12.3 Å². The van der Waals surface area contributed by atoms with Gasteiger partial charge in [-0.05, 0) is 25.0 Å². The van der Waals surface area contributed by atoms with E-state index >= 15 is 0 Å². The zero-order valence-electron chi connectivity index (χ0n) is 21.5. The van der Waals surface area contributed by atoms with Crippen LogP contribution in [0.5, 0.6) is 11.5 Å². The first kappa shape index (κ1) is 23.4. The molecule has 1 atom stereocenters. The summed E-state index contributed by atoms with van der Waals surface area (Å²) in [4.78, 5) is 15.9. The van der Waals surface area contributed by atoms with E-state index in [0.29, 0.717) is 40.8 Å². The van der Waals surface area contributed by atoms with Crippen molar-refractivity contribution in [3.05, 3.63) is 47.8 Å². The molecule has 5 aromatic rings. The van der Waals surface area contributed by atoms with Crippen molar-refractivity contribution in [1.82, 2.24) is 34.3 Å². The number of aromatic amines is 1. The highest BCUT2D eigenvalue weighted by Crippen LogP contribution is 2.34. The van der Waals surface area contributed by atoms with Crippen LogP contribution in [0.3, 0.4) is 0 Å². The number of fused-ring (bicyclic) bond motifs is 2. The van der Waals surface area contributed by atoms with Crippen molar-refractivity contribution in [3.63, 3.8) is 0 Å². The monoisotopic (exact) mass is 504 g/mol. The molecule has 1 saturated heterocycles. The third-order valence-corrected chi connectivity index (χ3v) is 6.63. The molecule has 11 heteroatoms. The summed E-state index contributed by atoms with van der Waals surface area (Å²) in [5.41, 5.74) is 3.65. The van der Waals surface area contributed by atoms with Gasteiger partial charge in [-0.15, -0.1) is 0 Å². The van der Waals surface area contributed by atoms with E-state index in [2.05, 4.69) is 56.8 Å². The van der Waals surface area contributed by atoms with E-state index in [0.717, 1.165) is 29.8 Å². The Balaban J connectivity index is 1.31. The van der Waals surface area contributed by atoms with Crippen molar-refractivity contribution in [1.29, 1.82) is 0 Å². The first-order valence-electron chi connectivity index (χ1n) is 12.3. The van der Waals surface area contributed by atoms with Crippen LogP contribution in [-0.4, -0.2) is 47.5 Å². The van der Waals surface area contributed by atoms with Crippen LogP contribution in [0, 0.1) is 12.9 Å². The number of anilines is 2. The number of halogens is 1. The summed E-state index contributed by atoms with van der Waals surface area (Å²) in [7, 11) is 1.88. The number of H-pyrrole nitrogens is 1. The van der Waals surface area contributed by atoms with Crippen LogP contribution in [0.1, 0.15) is 44.5 Å². The minimum atomic E-state index is -0.585. The first-order valence-corrected chi connectivity index (χ1v) is 12.3. The van der Waals surface area contributed by atoms with Gasteiger partial charge in [0.1, 0.15) is 11.4 Å². The van der Waals surface area contributed by atoms with Crippen LogP contribution < -0.4 is 10.1 Å². The van der Waals surface area contributed by atoms with E-state index in [1.807, 2.05) is 24.6 Å². The minimum Gasteiger partial charge on any atom is -0.450 e. The van der Waals surface area contributed by atoms with Crippen molar-refractivity contribution in [2.45, 2.75) is 45.6 Å². The quantitative estimate of drug-likeness (QED) is 0.335. The molecular formula is C26H29FN8O2. The van der Waals surface area contributed by atoms with Crippen LogP contribution in [0.2, 0.25) is 0 Å². The zero-order chi connectivity index (χ0) is 25.9. The Morgan fingerprint density at radius 3 is 2.78 bits per heavy atom. The summed E-state index contributed by atoms with van der Waals surface area (Å²) in [6.45, 7) is 9.83. The van der Waals surface area contributed by atoms with Gasteiger partial charge in [0.05, 0.1) is 29.7 Å². The predicted molar refractivity (Wildman–Crippen MR) is 138 cm³/mol. The van der Waals surface area contributed by atoms with Crippen molar-refractivity contribution >= 4 is 34.0 Å². The number of aromatic nitrogens is 7. The topological polar surface area (TPSA) is 108 Å². The molecule has 1 fully saturated rings. The molecule has 0 bridgehead atoms. The van der Waals surface area contributed by atoms with Crippen molar-refractivity contribution < 1.29 is 13.9 Å². The van der Waals surface area contributed by atoms with E-state index in [4.69, 9.17) is 14.6 Å². The van der Waals surface area contributed by atoms with Crippen LogP contribution in [0.25, 0.3) is 22.2 Å². The molecule has 6 rings (SSSR count). The van der Waals surface area contributed by atoms with Gasteiger partial charge < -0.3 is 24.3 Å². The molecule has 1 aliphatic rings. The van der Waals surface area contributed by atoms with Gasteiger partial charge in [-0.3, -0.25) is 4.68 Å². The number of hydrogen-bond donors (Lipinski definition) is 2. The number of nitrogens with zero attached hydrogens (tertiary/aromatic N) is 6. The highest BCUT2D eigenvalue weighted by molar-refractivity contribution is 5.84. The largest absolute Gasteiger partial charge is 0.450 e. The first-order chi connectivity index (χ1) is 17.7. The number of hydrogen-bond acceptors (Lipinski definition) is 7. The maximum Gasteiger partial charge on any atom is 0.236 e. The van der Waals surface area contributed by atoms with Gasteiger partial charge in [0.25, 0.3) is 0 Å². The summed E-state index contributed by atoms with van der Waals surface area (Å²) in [6.07, 6.45) is 4.15. The molecule has 6 heterocycles. The molecule has 37 heavy (non-hydrogen) atoms. The maximum atomic E-state index is 14.6. The fourth-order valence-electron chi connectivity index (χ4n) is 4.68. The number of ether oxygens (including phenoxy) is 2. The number of pyridine rings is 2. The molecule has 0 aromatic carbocycles. The molecule has 10 nitrogen and oxygen atoms in total. The predicted octanol–water partition coefficient (Wildman–Crippen LogP) is 5.28. The molecule has 2 N–H and O–H groups in total. The van der Waals surface area contributed by atoms with Gasteiger partial charge in [-0.25, -0.2) is 9.97 Å². The summed E-state index contributed by atoms with van der Waals surface area (Å²) in [5.74, 6) is 1.19. The molecule has 0 aliphatic carbocycles. The van der Waals surface area contributed by atoms with E-state index < -0.39 is 5.95 Å².